The highest BCUT2D eigenvalue weighted by Crippen LogP contribution is 2.29. The predicted octanol–water partition coefficient (Wildman–Crippen LogP) is 3.40. The first kappa shape index (κ1) is 16.8. The molecule has 0 radical (unpaired) electrons. The van der Waals surface area contributed by atoms with E-state index in [9.17, 15) is 4.79 Å². The molecule has 5 heteroatoms. The minimum absolute atomic E-state index is 0.0991. The van der Waals surface area contributed by atoms with E-state index in [0.29, 0.717) is 19.5 Å². The first-order chi connectivity index (χ1) is 12.8. The Morgan fingerprint density at radius 3 is 2.69 bits per heavy atom. The van der Waals surface area contributed by atoms with Crippen LogP contribution in [0.25, 0.3) is 0 Å². The minimum Gasteiger partial charge on any atom is -0.390 e. The Kier molecular flexibility index (Phi) is 4.95. The second-order valence-electron chi connectivity index (χ2n) is 7.04. The summed E-state index contributed by atoms with van der Waals surface area (Å²) in [7, 11) is 0. The summed E-state index contributed by atoms with van der Waals surface area (Å²) in [5.41, 5.74) is 3.03. The summed E-state index contributed by atoms with van der Waals surface area (Å²) in [6.07, 6.45) is 7.32. The van der Waals surface area contributed by atoms with E-state index in [0.717, 1.165) is 36.1 Å². The molecule has 1 aliphatic heterocycles. The van der Waals surface area contributed by atoms with Crippen LogP contribution in [0.15, 0.2) is 60.0 Å². The lowest BCUT2D eigenvalue weighted by atomic mass is 9.84. The maximum Gasteiger partial charge on any atom is 0.226 e. The van der Waals surface area contributed by atoms with Crippen molar-refractivity contribution < 1.29 is 9.63 Å². The van der Waals surface area contributed by atoms with Crippen LogP contribution in [-0.2, 0) is 16.2 Å². The van der Waals surface area contributed by atoms with E-state index in [1.165, 1.54) is 0 Å². The first-order valence-electron chi connectivity index (χ1n) is 9.25. The summed E-state index contributed by atoms with van der Waals surface area (Å²) in [5.74, 6) is 0.428. The molecule has 2 aliphatic rings. The van der Waals surface area contributed by atoms with Crippen LogP contribution in [0.3, 0.4) is 0 Å². The standard InChI is InChI=1S/C21H23N3O2/c25-21(17-8-4-9-17)24(14-16-6-2-1-3-7-16)15-19-12-20(23-26-19)18-10-5-11-22-13-18/h1-3,5-7,10-11,13,17,19H,4,8-9,12,14-15H2/t19-/m0/s1. The van der Waals surface area contributed by atoms with Gasteiger partial charge >= 0.3 is 0 Å². The van der Waals surface area contributed by atoms with Gasteiger partial charge in [0, 0.05) is 36.8 Å². The highest BCUT2D eigenvalue weighted by Gasteiger charge is 2.32. The second kappa shape index (κ2) is 7.68. The van der Waals surface area contributed by atoms with Crippen LogP contribution in [0, 0.1) is 5.92 Å². The zero-order valence-corrected chi connectivity index (χ0v) is 14.8. The molecular weight excluding hydrogens is 326 g/mol. The smallest absolute Gasteiger partial charge is 0.226 e. The van der Waals surface area contributed by atoms with Gasteiger partial charge in [-0.2, -0.15) is 0 Å². The van der Waals surface area contributed by atoms with Crippen LogP contribution in [-0.4, -0.2) is 34.2 Å². The van der Waals surface area contributed by atoms with Crippen molar-refractivity contribution in [3.8, 4) is 0 Å². The molecule has 1 saturated carbocycles. The lowest BCUT2D eigenvalue weighted by Crippen LogP contribution is -2.42. The van der Waals surface area contributed by atoms with Crippen LogP contribution in [0.2, 0.25) is 0 Å². The minimum atomic E-state index is -0.0991. The van der Waals surface area contributed by atoms with E-state index in [1.807, 2.05) is 35.2 Å². The number of rotatable bonds is 6. The normalized spacial score (nSPS) is 19.4. The van der Waals surface area contributed by atoms with E-state index in [4.69, 9.17) is 4.84 Å². The van der Waals surface area contributed by atoms with Crippen molar-refractivity contribution in [3.05, 3.63) is 66.0 Å². The predicted molar refractivity (Wildman–Crippen MR) is 99.5 cm³/mol. The summed E-state index contributed by atoms with van der Waals surface area (Å²) < 4.78 is 0. The number of aromatic nitrogens is 1. The van der Waals surface area contributed by atoms with Gasteiger partial charge in [0.1, 0.15) is 0 Å². The Morgan fingerprint density at radius 1 is 1.15 bits per heavy atom. The Balaban J connectivity index is 1.42. The number of hydrogen-bond acceptors (Lipinski definition) is 4. The van der Waals surface area contributed by atoms with Gasteiger partial charge in [0.25, 0.3) is 0 Å². The maximum atomic E-state index is 12.9. The summed E-state index contributed by atoms with van der Waals surface area (Å²) in [6, 6.07) is 14.0. The summed E-state index contributed by atoms with van der Waals surface area (Å²) in [4.78, 5) is 24.6. The fourth-order valence-corrected chi connectivity index (χ4v) is 3.43. The molecule has 1 aromatic carbocycles. The van der Waals surface area contributed by atoms with Crippen molar-refractivity contribution in [2.45, 2.75) is 38.3 Å². The maximum absolute atomic E-state index is 12.9. The Bertz CT molecular complexity index is 772. The Morgan fingerprint density at radius 2 is 2.00 bits per heavy atom. The molecule has 0 saturated heterocycles. The summed E-state index contributed by atoms with van der Waals surface area (Å²) in [6.45, 7) is 1.19. The van der Waals surface area contributed by atoms with Crippen molar-refractivity contribution in [2.24, 2.45) is 11.1 Å². The molecular formula is C21H23N3O2. The third-order valence-corrected chi connectivity index (χ3v) is 5.13. The molecule has 1 atom stereocenters. The van der Waals surface area contributed by atoms with E-state index in [2.05, 4.69) is 22.3 Å². The molecule has 134 valence electrons. The fourth-order valence-electron chi connectivity index (χ4n) is 3.43. The van der Waals surface area contributed by atoms with Gasteiger partial charge in [-0.1, -0.05) is 41.9 Å². The average molecular weight is 349 g/mol. The van der Waals surface area contributed by atoms with Crippen LogP contribution in [0.4, 0.5) is 0 Å². The topological polar surface area (TPSA) is 54.8 Å². The van der Waals surface area contributed by atoms with Gasteiger partial charge in [0.2, 0.25) is 5.91 Å². The van der Waals surface area contributed by atoms with Gasteiger partial charge in [-0.05, 0) is 30.5 Å². The molecule has 1 amide bonds. The molecule has 4 rings (SSSR count). The van der Waals surface area contributed by atoms with Gasteiger partial charge in [-0.3, -0.25) is 9.78 Å². The van der Waals surface area contributed by atoms with Crippen LogP contribution < -0.4 is 0 Å². The molecule has 0 unspecified atom stereocenters. The molecule has 1 fully saturated rings. The van der Waals surface area contributed by atoms with E-state index >= 15 is 0 Å². The number of amides is 1. The SMILES string of the molecule is O=C(C1CCC1)N(Cc1ccccc1)C[C@@H]1CC(c2cccnc2)=NO1. The number of pyridine rings is 1. The zero-order valence-electron chi connectivity index (χ0n) is 14.8. The zero-order chi connectivity index (χ0) is 17.8. The molecule has 0 spiro atoms. The molecule has 26 heavy (non-hydrogen) atoms. The lowest BCUT2D eigenvalue weighted by molar-refractivity contribution is -0.140. The number of nitrogens with zero attached hydrogens (tertiary/aromatic N) is 3. The van der Waals surface area contributed by atoms with Gasteiger partial charge in [-0.25, -0.2) is 0 Å². The van der Waals surface area contributed by atoms with Crippen LogP contribution in [0.5, 0.6) is 0 Å². The number of hydrogen-bond donors (Lipinski definition) is 0. The summed E-state index contributed by atoms with van der Waals surface area (Å²) in [5, 5.41) is 4.22. The van der Waals surface area contributed by atoms with Crippen molar-refractivity contribution in [2.75, 3.05) is 6.54 Å². The monoisotopic (exact) mass is 349 g/mol. The van der Waals surface area contributed by atoms with Gasteiger partial charge in [0.05, 0.1) is 12.3 Å². The number of benzene rings is 1. The van der Waals surface area contributed by atoms with E-state index in [1.54, 1.807) is 12.4 Å². The molecule has 5 nitrogen and oxygen atoms in total. The second-order valence-corrected chi connectivity index (χ2v) is 7.04. The highest BCUT2D eigenvalue weighted by molar-refractivity contribution is 6.01. The highest BCUT2D eigenvalue weighted by atomic mass is 16.6. The quantitative estimate of drug-likeness (QED) is 0.803. The third kappa shape index (κ3) is 3.77. The molecule has 1 aliphatic carbocycles. The van der Waals surface area contributed by atoms with Crippen LogP contribution in [0.1, 0.15) is 36.8 Å². The van der Waals surface area contributed by atoms with Crippen LogP contribution >= 0.6 is 0 Å². The van der Waals surface area contributed by atoms with E-state index in [-0.39, 0.29) is 17.9 Å². The molecule has 0 N–H and O–H groups in total. The molecule has 0 bridgehead atoms. The largest absolute Gasteiger partial charge is 0.390 e. The van der Waals surface area contributed by atoms with E-state index < -0.39 is 0 Å². The average Bonchev–Trinajstić information content (AvgIpc) is 3.10. The lowest BCUT2D eigenvalue weighted by Gasteiger charge is -2.32. The number of carbonyl (C=O) groups is 1. The number of oxime groups is 1. The molecule has 1 aromatic heterocycles. The van der Waals surface area contributed by atoms with Crippen molar-refractivity contribution in [3.63, 3.8) is 0 Å². The van der Waals surface area contributed by atoms with Gasteiger partial charge in [0.15, 0.2) is 6.10 Å². The number of carbonyl (C=O) groups excluding carboxylic acids is 1. The first-order valence-corrected chi connectivity index (χ1v) is 9.25. The van der Waals surface area contributed by atoms with Crippen molar-refractivity contribution >= 4 is 11.6 Å². The fraction of sp³-hybridized carbons (Fsp3) is 0.381. The van der Waals surface area contributed by atoms with Gasteiger partial charge < -0.3 is 9.74 Å². The molecule has 2 heterocycles. The Hall–Kier alpha value is -2.69. The van der Waals surface area contributed by atoms with Crippen molar-refractivity contribution in [1.29, 1.82) is 0 Å². The Labute approximate surface area is 153 Å². The van der Waals surface area contributed by atoms with Gasteiger partial charge in [-0.15, -0.1) is 0 Å². The molecule has 2 aromatic rings. The third-order valence-electron chi connectivity index (χ3n) is 5.13. The van der Waals surface area contributed by atoms with Crippen molar-refractivity contribution in [1.82, 2.24) is 9.88 Å². The summed E-state index contributed by atoms with van der Waals surface area (Å²) >= 11 is 0.